The first kappa shape index (κ1) is 20.7. The third kappa shape index (κ3) is 5.05. The van der Waals surface area contributed by atoms with Crippen LogP contribution in [0.5, 0.6) is 0 Å². The molecule has 1 aliphatic heterocycles. The molecule has 3 heterocycles. The topological polar surface area (TPSA) is 57.5 Å². The van der Waals surface area contributed by atoms with Gasteiger partial charge in [0.15, 0.2) is 11.7 Å². The molecule has 28 heavy (non-hydrogen) atoms. The summed E-state index contributed by atoms with van der Waals surface area (Å²) in [6.45, 7) is 2.75. The van der Waals surface area contributed by atoms with E-state index in [0.717, 1.165) is 13.1 Å². The molecule has 1 aliphatic rings. The van der Waals surface area contributed by atoms with Crippen molar-refractivity contribution in [3.8, 4) is 0 Å². The van der Waals surface area contributed by atoms with Crippen molar-refractivity contribution in [2.45, 2.75) is 31.6 Å². The van der Waals surface area contributed by atoms with Crippen LogP contribution >= 0.6 is 11.3 Å². The average molecular weight is 415 g/mol. The van der Waals surface area contributed by atoms with E-state index in [1.165, 1.54) is 35.6 Å². The second kappa shape index (κ2) is 8.95. The van der Waals surface area contributed by atoms with Gasteiger partial charge in [0.25, 0.3) is 0 Å². The highest BCUT2D eigenvalue weighted by Crippen LogP contribution is 2.30. The maximum Gasteiger partial charge on any atom is 0.435 e. The minimum atomic E-state index is -4.48. The normalized spacial score (nSPS) is 17.1. The minimum absolute atomic E-state index is 0.00423. The minimum Gasteiger partial charge on any atom is -0.354 e. The Hall–Kier alpha value is -2.07. The Balaban J connectivity index is 1.61. The van der Waals surface area contributed by atoms with Crippen molar-refractivity contribution in [3.63, 3.8) is 0 Å². The zero-order chi connectivity index (χ0) is 20.1. The molecule has 154 valence electrons. The van der Waals surface area contributed by atoms with Crippen LogP contribution in [-0.4, -0.2) is 47.3 Å². The molecular formula is C18H25F3N6S. The summed E-state index contributed by atoms with van der Waals surface area (Å²) >= 11 is 1.72. The van der Waals surface area contributed by atoms with Gasteiger partial charge in [-0.25, -0.2) is 0 Å². The molecule has 0 radical (unpaired) electrons. The van der Waals surface area contributed by atoms with Gasteiger partial charge in [-0.3, -0.25) is 14.6 Å². The van der Waals surface area contributed by atoms with E-state index in [0.29, 0.717) is 12.5 Å². The van der Waals surface area contributed by atoms with Crippen LogP contribution in [-0.2, 0) is 19.8 Å². The van der Waals surface area contributed by atoms with E-state index in [-0.39, 0.29) is 18.2 Å². The van der Waals surface area contributed by atoms with E-state index in [1.54, 1.807) is 18.4 Å². The van der Waals surface area contributed by atoms with Crippen LogP contribution in [0.3, 0.4) is 0 Å². The van der Waals surface area contributed by atoms with Crippen molar-refractivity contribution in [1.82, 2.24) is 25.3 Å². The number of aromatic nitrogens is 2. The molecule has 2 N–H and O–H groups in total. The Kier molecular flexibility index (Phi) is 6.61. The molecule has 2 aromatic heterocycles. The van der Waals surface area contributed by atoms with Crippen molar-refractivity contribution in [1.29, 1.82) is 0 Å². The molecule has 3 rings (SSSR count). The third-order valence-corrected chi connectivity index (χ3v) is 5.73. The van der Waals surface area contributed by atoms with Gasteiger partial charge in [-0.15, -0.1) is 11.3 Å². The zero-order valence-electron chi connectivity index (χ0n) is 16.0. The quantitative estimate of drug-likeness (QED) is 0.564. The molecule has 2 aromatic rings. The Bertz CT molecular complexity index is 778. The van der Waals surface area contributed by atoms with Crippen molar-refractivity contribution in [3.05, 3.63) is 39.8 Å². The molecule has 0 aliphatic carbocycles. The first-order chi connectivity index (χ1) is 13.4. The summed E-state index contributed by atoms with van der Waals surface area (Å²) in [6.07, 6.45) is -0.719. The first-order valence-electron chi connectivity index (χ1n) is 9.20. The molecule has 0 saturated carbocycles. The van der Waals surface area contributed by atoms with Gasteiger partial charge in [0, 0.05) is 43.8 Å². The van der Waals surface area contributed by atoms with Gasteiger partial charge < -0.3 is 10.6 Å². The lowest BCUT2D eigenvalue weighted by Crippen LogP contribution is -2.42. The van der Waals surface area contributed by atoms with Crippen LogP contribution in [0.25, 0.3) is 0 Å². The molecule has 0 bridgehead atoms. The summed E-state index contributed by atoms with van der Waals surface area (Å²) in [5.74, 6) is 0.470. The van der Waals surface area contributed by atoms with Crippen molar-refractivity contribution < 1.29 is 13.2 Å². The summed E-state index contributed by atoms with van der Waals surface area (Å²) in [5, 5.41) is 11.8. The summed E-state index contributed by atoms with van der Waals surface area (Å²) in [7, 11) is 3.09. The third-order valence-electron chi connectivity index (χ3n) is 4.76. The van der Waals surface area contributed by atoms with Crippen LogP contribution in [0.1, 0.15) is 35.0 Å². The van der Waals surface area contributed by atoms with Crippen molar-refractivity contribution >= 4 is 17.3 Å². The molecule has 0 amide bonds. The largest absolute Gasteiger partial charge is 0.435 e. The smallest absolute Gasteiger partial charge is 0.354 e. The molecule has 1 atom stereocenters. The lowest BCUT2D eigenvalue weighted by molar-refractivity contribution is -0.142. The monoisotopic (exact) mass is 414 g/mol. The number of thiophene rings is 1. The zero-order valence-corrected chi connectivity index (χ0v) is 16.8. The molecular weight excluding hydrogens is 389 g/mol. The van der Waals surface area contributed by atoms with Gasteiger partial charge in [-0.05, 0) is 37.4 Å². The van der Waals surface area contributed by atoms with E-state index >= 15 is 0 Å². The van der Waals surface area contributed by atoms with Gasteiger partial charge in [0.1, 0.15) is 0 Å². The SMILES string of the molecule is CN=C(NCc1cn(C)nc1C(F)(F)F)NCC(c1cccs1)N1CCCC1. The molecule has 1 saturated heterocycles. The highest BCUT2D eigenvalue weighted by molar-refractivity contribution is 7.10. The van der Waals surface area contributed by atoms with Gasteiger partial charge >= 0.3 is 6.18 Å². The molecule has 6 nitrogen and oxygen atoms in total. The Morgan fingerprint density at radius 2 is 2.07 bits per heavy atom. The fraction of sp³-hybridized carbons (Fsp3) is 0.556. The maximum absolute atomic E-state index is 13.1. The number of nitrogens with one attached hydrogen (secondary N) is 2. The molecule has 1 unspecified atom stereocenters. The summed E-state index contributed by atoms with van der Waals surface area (Å²) in [6, 6.07) is 4.39. The van der Waals surface area contributed by atoms with Gasteiger partial charge in [-0.2, -0.15) is 18.3 Å². The van der Waals surface area contributed by atoms with Crippen LogP contribution in [0.15, 0.2) is 28.7 Å². The highest BCUT2D eigenvalue weighted by Gasteiger charge is 2.36. The van der Waals surface area contributed by atoms with Crippen LogP contribution in [0.2, 0.25) is 0 Å². The Labute approximate surface area is 166 Å². The van der Waals surface area contributed by atoms with Gasteiger partial charge in [0.05, 0.1) is 6.04 Å². The number of hydrogen-bond donors (Lipinski definition) is 2. The number of aryl methyl sites for hydroxylation is 1. The van der Waals surface area contributed by atoms with E-state index in [2.05, 4.69) is 37.1 Å². The van der Waals surface area contributed by atoms with E-state index in [9.17, 15) is 13.2 Å². The number of halogens is 3. The number of rotatable bonds is 6. The van der Waals surface area contributed by atoms with Crippen molar-refractivity contribution in [2.75, 3.05) is 26.7 Å². The van der Waals surface area contributed by atoms with Gasteiger partial charge in [-0.1, -0.05) is 6.07 Å². The predicted molar refractivity (Wildman–Crippen MR) is 104 cm³/mol. The van der Waals surface area contributed by atoms with E-state index in [4.69, 9.17) is 0 Å². The van der Waals surface area contributed by atoms with E-state index < -0.39 is 11.9 Å². The summed E-state index contributed by atoms with van der Waals surface area (Å²) < 4.78 is 40.5. The first-order valence-corrected chi connectivity index (χ1v) is 10.1. The van der Waals surface area contributed by atoms with E-state index in [1.807, 2.05) is 6.07 Å². The van der Waals surface area contributed by atoms with Crippen LogP contribution < -0.4 is 10.6 Å². The molecule has 0 spiro atoms. The standard InChI is InChI=1S/C18H25F3N6S/c1-22-17(23-10-13-12-26(2)25-16(13)18(19,20)21)24-11-14(15-6-5-9-28-15)27-7-3-4-8-27/h5-6,9,12,14H,3-4,7-8,10-11H2,1-2H3,(H2,22,23,24). The highest BCUT2D eigenvalue weighted by atomic mass is 32.1. The molecule has 1 fully saturated rings. The number of guanidine groups is 1. The Morgan fingerprint density at radius 1 is 1.32 bits per heavy atom. The summed E-state index contributed by atoms with van der Waals surface area (Å²) in [5.41, 5.74) is -0.779. The maximum atomic E-state index is 13.1. The predicted octanol–water partition coefficient (Wildman–Crippen LogP) is 3.00. The summed E-state index contributed by atoms with van der Waals surface area (Å²) in [4.78, 5) is 7.87. The fourth-order valence-corrected chi connectivity index (χ4v) is 4.30. The number of hydrogen-bond acceptors (Lipinski definition) is 4. The second-order valence-electron chi connectivity index (χ2n) is 6.76. The number of aliphatic imine (C=N–C) groups is 1. The number of likely N-dealkylation sites (tertiary alicyclic amines) is 1. The lowest BCUT2D eigenvalue weighted by atomic mass is 10.2. The molecule has 10 heteroatoms. The second-order valence-corrected chi connectivity index (χ2v) is 7.73. The van der Waals surface area contributed by atoms with Crippen LogP contribution in [0.4, 0.5) is 13.2 Å². The van der Waals surface area contributed by atoms with Gasteiger partial charge in [0.2, 0.25) is 0 Å². The molecule has 0 aromatic carbocycles. The lowest BCUT2D eigenvalue weighted by Gasteiger charge is -2.27. The number of nitrogens with zero attached hydrogens (tertiary/aromatic N) is 4. The van der Waals surface area contributed by atoms with Crippen LogP contribution in [0, 0.1) is 0 Å². The average Bonchev–Trinajstić information content (AvgIpc) is 3.39. The number of alkyl halides is 3. The van der Waals surface area contributed by atoms with Crippen molar-refractivity contribution in [2.24, 2.45) is 12.0 Å². The Morgan fingerprint density at radius 3 is 2.68 bits per heavy atom. The fourth-order valence-electron chi connectivity index (χ4n) is 3.44.